The van der Waals surface area contributed by atoms with Crippen molar-refractivity contribution in [1.82, 2.24) is 19.3 Å². The van der Waals surface area contributed by atoms with Gasteiger partial charge in [0.2, 0.25) is 10.0 Å². The molecule has 4 rings (SSSR count). The van der Waals surface area contributed by atoms with Gasteiger partial charge in [-0.3, -0.25) is 0 Å². The summed E-state index contributed by atoms with van der Waals surface area (Å²) >= 11 is 5.88. The van der Waals surface area contributed by atoms with Crippen molar-refractivity contribution in [3.63, 3.8) is 0 Å². The summed E-state index contributed by atoms with van der Waals surface area (Å²) in [5.41, 5.74) is 0.818. The van der Waals surface area contributed by atoms with Crippen molar-refractivity contribution in [3.05, 3.63) is 18.6 Å². The number of alkyl halides is 1. The Kier molecular flexibility index (Phi) is 3.93. The highest BCUT2D eigenvalue weighted by Gasteiger charge is 2.40. The number of sulfonamides is 1. The number of nitrogens with zero attached hydrogens (tertiary/aromatic N) is 4. The molecule has 2 fully saturated rings. The number of hydrogen-bond donors (Lipinski definition) is 1. The third-order valence-corrected chi connectivity index (χ3v) is 7.32. The molecule has 0 bridgehead atoms. The Bertz CT molecular complexity index is 842. The van der Waals surface area contributed by atoms with Crippen LogP contribution < -0.4 is 4.90 Å². The third-order valence-electron chi connectivity index (χ3n) is 5.07. The van der Waals surface area contributed by atoms with Crippen LogP contribution in [0.1, 0.15) is 12.8 Å². The van der Waals surface area contributed by atoms with Crippen LogP contribution >= 0.6 is 11.6 Å². The Morgan fingerprint density at radius 1 is 1.38 bits per heavy atom. The van der Waals surface area contributed by atoms with Gasteiger partial charge in [-0.25, -0.2) is 18.4 Å². The van der Waals surface area contributed by atoms with E-state index in [0.29, 0.717) is 19.1 Å². The molecule has 2 aromatic heterocycles. The summed E-state index contributed by atoms with van der Waals surface area (Å²) in [4.78, 5) is 13.8. The lowest BCUT2D eigenvalue weighted by Crippen LogP contribution is -2.54. The van der Waals surface area contributed by atoms with Crippen molar-refractivity contribution in [1.29, 1.82) is 0 Å². The molecule has 1 aliphatic carbocycles. The highest BCUT2D eigenvalue weighted by Crippen LogP contribution is 2.36. The largest absolute Gasteiger partial charge is 0.356 e. The second-order valence-corrected chi connectivity index (χ2v) is 9.36. The molecule has 0 spiro atoms. The summed E-state index contributed by atoms with van der Waals surface area (Å²) < 4.78 is 26.0. The van der Waals surface area contributed by atoms with Crippen LogP contribution in [-0.2, 0) is 10.0 Å². The van der Waals surface area contributed by atoms with Gasteiger partial charge in [0.05, 0.1) is 16.5 Å². The quantitative estimate of drug-likeness (QED) is 0.806. The molecule has 3 heterocycles. The maximum Gasteiger partial charge on any atom is 0.214 e. The molecule has 9 heteroatoms. The highest BCUT2D eigenvalue weighted by molar-refractivity contribution is 7.89. The molecular weight excluding hydrogens is 350 g/mol. The molecule has 0 aromatic carbocycles. The monoisotopic (exact) mass is 369 g/mol. The van der Waals surface area contributed by atoms with Crippen molar-refractivity contribution in [3.8, 4) is 0 Å². The minimum absolute atomic E-state index is 0.0263. The van der Waals surface area contributed by atoms with Gasteiger partial charge < -0.3 is 9.88 Å². The molecule has 1 saturated carbocycles. The van der Waals surface area contributed by atoms with Crippen molar-refractivity contribution in [2.45, 2.75) is 24.3 Å². The van der Waals surface area contributed by atoms with Gasteiger partial charge in [-0.05, 0) is 24.8 Å². The van der Waals surface area contributed by atoms with Gasteiger partial charge in [0.1, 0.15) is 17.8 Å². The summed E-state index contributed by atoms with van der Waals surface area (Å²) in [5.74, 6) is 1.32. The first kappa shape index (κ1) is 16.1. The van der Waals surface area contributed by atoms with Gasteiger partial charge in [0.15, 0.2) is 0 Å². The van der Waals surface area contributed by atoms with Crippen LogP contribution in [-0.4, -0.2) is 65.0 Å². The van der Waals surface area contributed by atoms with Crippen LogP contribution in [0.2, 0.25) is 0 Å². The van der Waals surface area contributed by atoms with Gasteiger partial charge in [-0.1, -0.05) is 0 Å². The summed E-state index contributed by atoms with van der Waals surface area (Å²) in [6, 6.07) is 2.28. The van der Waals surface area contributed by atoms with E-state index in [-0.39, 0.29) is 17.0 Å². The lowest BCUT2D eigenvalue weighted by molar-refractivity contribution is 0.267. The minimum atomic E-state index is -3.16. The van der Waals surface area contributed by atoms with Crippen LogP contribution in [0.3, 0.4) is 0 Å². The zero-order valence-corrected chi connectivity index (χ0v) is 15.0. The first-order valence-corrected chi connectivity index (χ1v) is 10.1. The average Bonchev–Trinajstić information content (AvgIpc) is 2.95. The Morgan fingerprint density at radius 3 is 2.83 bits per heavy atom. The third kappa shape index (κ3) is 2.76. The number of H-pyrrole nitrogens is 1. The summed E-state index contributed by atoms with van der Waals surface area (Å²) in [6.45, 7) is 0.901. The molecule has 0 radical (unpaired) electrons. The predicted octanol–water partition coefficient (Wildman–Crippen LogP) is 1.43. The first-order chi connectivity index (χ1) is 11.4. The molecule has 1 saturated heterocycles. The number of rotatable bonds is 5. The van der Waals surface area contributed by atoms with E-state index in [2.05, 4.69) is 19.9 Å². The number of halogens is 1. The van der Waals surface area contributed by atoms with Gasteiger partial charge >= 0.3 is 0 Å². The van der Waals surface area contributed by atoms with E-state index >= 15 is 0 Å². The Hall–Kier alpha value is -1.38. The van der Waals surface area contributed by atoms with Gasteiger partial charge in [0, 0.05) is 32.4 Å². The Labute approximate surface area is 146 Å². The summed E-state index contributed by atoms with van der Waals surface area (Å²) in [7, 11) is -1.14. The van der Waals surface area contributed by atoms with E-state index in [1.165, 1.54) is 4.31 Å². The second-order valence-electron chi connectivity index (χ2n) is 6.73. The predicted molar refractivity (Wildman–Crippen MR) is 93.8 cm³/mol. The minimum Gasteiger partial charge on any atom is -0.356 e. The lowest BCUT2D eigenvalue weighted by atomic mass is 9.81. The molecule has 0 atom stereocenters. The summed E-state index contributed by atoms with van der Waals surface area (Å²) in [5, 5.41) is 0.964. The van der Waals surface area contributed by atoms with E-state index in [1.807, 2.05) is 19.3 Å². The molecule has 7 nitrogen and oxygen atoms in total. The lowest BCUT2D eigenvalue weighted by Gasteiger charge is -2.43. The number of aromatic nitrogens is 3. The Morgan fingerprint density at radius 2 is 2.12 bits per heavy atom. The number of aromatic amines is 1. The van der Waals surface area contributed by atoms with E-state index in [0.717, 1.165) is 29.7 Å². The first-order valence-electron chi connectivity index (χ1n) is 8.07. The molecular formula is C15H20ClN5O2S. The normalized spacial score (nSPS) is 25.4. The van der Waals surface area contributed by atoms with Crippen LogP contribution in [0, 0.1) is 5.92 Å². The second kappa shape index (κ2) is 5.86. The zero-order chi connectivity index (χ0) is 16.9. The van der Waals surface area contributed by atoms with E-state index in [4.69, 9.17) is 11.6 Å². The van der Waals surface area contributed by atoms with E-state index in [9.17, 15) is 8.42 Å². The Balaban J connectivity index is 1.38. The van der Waals surface area contributed by atoms with Crippen LogP contribution in [0.4, 0.5) is 5.82 Å². The maximum absolute atomic E-state index is 12.3. The SMILES string of the molecule is CN(c1ncnc2[nH]ccc12)C1CC(CS(=O)(=O)N2CC(Cl)C2)C1. The molecule has 130 valence electrons. The molecule has 2 aromatic rings. The van der Waals surface area contributed by atoms with Crippen LogP contribution in [0.5, 0.6) is 0 Å². The molecule has 2 aliphatic rings. The fourth-order valence-electron chi connectivity index (χ4n) is 3.48. The molecule has 1 aliphatic heterocycles. The number of fused-ring (bicyclic) bond motifs is 1. The van der Waals surface area contributed by atoms with Gasteiger partial charge in [-0.15, -0.1) is 11.6 Å². The standard InChI is InChI=1S/C15H20ClN5O2S/c1-20(15-13-2-3-17-14(13)18-9-19-15)12-4-10(5-12)8-24(22,23)21-6-11(16)7-21/h2-3,9-12H,4-8H2,1H3,(H,17,18,19). The maximum atomic E-state index is 12.3. The van der Waals surface area contributed by atoms with Crippen LogP contribution in [0.25, 0.3) is 11.0 Å². The van der Waals surface area contributed by atoms with Crippen molar-refractivity contribution < 1.29 is 8.42 Å². The van der Waals surface area contributed by atoms with Crippen molar-refractivity contribution in [2.75, 3.05) is 30.8 Å². The van der Waals surface area contributed by atoms with Crippen molar-refractivity contribution >= 4 is 38.5 Å². The molecule has 0 amide bonds. The highest BCUT2D eigenvalue weighted by atomic mass is 35.5. The van der Waals surface area contributed by atoms with Crippen molar-refractivity contribution in [2.24, 2.45) is 5.92 Å². The zero-order valence-electron chi connectivity index (χ0n) is 13.4. The molecule has 24 heavy (non-hydrogen) atoms. The van der Waals surface area contributed by atoms with Gasteiger partial charge in [-0.2, -0.15) is 4.31 Å². The van der Waals surface area contributed by atoms with E-state index < -0.39 is 10.0 Å². The van der Waals surface area contributed by atoms with Crippen LogP contribution in [0.15, 0.2) is 18.6 Å². The fraction of sp³-hybridized carbons (Fsp3) is 0.600. The number of hydrogen-bond acceptors (Lipinski definition) is 5. The number of anilines is 1. The number of nitrogens with one attached hydrogen (secondary N) is 1. The topological polar surface area (TPSA) is 82.2 Å². The molecule has 1 N–H and O–H groups in total. The smallest absolute Gasteiger partial charge is 0.214 e. The van der Waals surface area contributed by atoms with E-state index in [1.54, 1.807) is 6.33 Å². The van der Waals surface area contributed by atoms with Gasteiger partial charge in [0.25, 0.3) is 0 Å². The molecule has 0 unspecified atom stereocenters. The summed E-state index contributed by atoms with van der Waals surface area (Å²) in [6.07, 6.45) is 5.13. The average molecular weight is 370 g/mol. The fourth-order valence-corrected chi connectivity index (χ4v) is 5.87.